The molecular weight excluding hydrogens is 316 g/mol. The van der Waals surface area contributed by atoms with Crippen molar-refractivity contribution >= 4 is 5.78 Å². The maximum atomic E-state index is 12.8. The van der Waals surface area contributed by atoms with Crippen molar-refractivity contribution in [2.45, 2.75) is 44.8 Å². The van der Waals surface area contributed by atoms with E-state index in [0.717, 1.165) is 12.8 Å². The Balaban J connectivity index is 1.92. The molecule has 4 nitrogen and oxygen atoms in total. The Morgan fingerprint density at radius 3 is 2.00 bits per heavy atom. The average molecular weight is 340 g/mol. The molecule has 0 radical (unpaired) electrons. The second kappa shape index (κ2) is 7.91. The lowest BCUT2D eigenvalue weighted by Gasteiger charge is -2.36. The van der Waals surface area contributed by atoms with Crippen LogP contribution in [0.15, 0.2) is 48.5 Å². The van der Waals surface area contributed by atoms with Gasteiger partial charge in [0.1, 0.15) is 0 Å². The summed E-state index contributed by atoms with van der Waals surface area (Å²) >= 11 is 0. The van der Waals surface area contributed by atoms with Gasteiger partial charge in [0, 0.05) is 22.3 Å². The molecule has 0 bridgehead atoms. The van der Waals surface area contributed by atoms with E-state index in [1.165, 1.54) is 19.3 Å². The van der Waals surface area contributed by atoms with E-state index in [1.807, 2.05) is 12.1 Å². The fourth-order valence-corrected chi connectivity index (χ4v) is 3.43. The summed E-state index contributed by atoms with van der Waals surface area (Å²) in [5, 5.41) is 9.83. The van der Waals surface area contributed by atoms with E-state index >= 15 is 0 Å². The minimum absolute atomic E-state index is 0.0783. The smallest absolute Gasteiger partial charge is 0.255 e. The predicted octanol–water partition coefficient (Wildman–Crippen LogP) is 4.91. The first-order valence-corrected chi connectivity index (χ1v) is 8.95. The lowest BCUT2D eigenvalue weighted by atomic mass is 9.80. The highest BCUT2D eigenvalue weighted by molar-refractivity contribution is 6.12. The summed E-state index contributed by atoms with van der Waals surface area (Å²) in [5.41, 5.74) is 2.10. The summed E-state index contributed by atoms with van der Waals surface area (Å²) in [4.78, 5) is 17.7. The van der Waals surface area contributed by atoms with Crippen molar-refractivity contribution < 1.29 is 19.7 Å². The van der Waals surface area contributed by atoms with Crippen LogP contribution in [0.4, 0.5) is 0 Å². The number of hydrogen-bond donors (Lipinski definition) is 1. The second-order valence-corrected chi connectivity index (χ2v) is 6.39. The SMILES string of the molecule is CCCCCCCOC1(OO)c2ccccc2C(=O)c2ccccc21. The number of benzene rings is 2. The normalized spacial score (nSPS) is 14.9. The molecule has 2 aromatic carbocycles. The Hall–Kier alpha value is -2.01. The lowest BCUT2D eigenvalue weighted by molar-refractivity contribution is -0.396. The summed E-state index contributed by atoms with van der Waals surface area (Å²) in [6, 6.07) is 14.3. The van der Waals surface area contributed by atoms with Gasteiger partial charge in [-0.3, -0.25) is 4.79 Å². The molecular formula is C21H24O4. The highest BCUT2D eigenvalue weighted by Crippen LogP contribution is 2.43. The molecule has 0 aromatic heterocycles. The molecule has 3 rings (SSSR count). The Kier molecular flexibility index (Phi) is 5.63. The first-order valence-electron chi connectivity index (χ1n) is 8.95. The standard InChI is InChI=1S/C21H24O4/c1-2-3-4-5-10-15-24-21(25-23)18-13-8-6-11-16(18)20(22)17-12-7-9-14-19(17)21/h6-9,11-14,23H,2-5,10,15H2,1H3. The van der Waals surface area contributed by atoms with Crippen molar-refractivity contribution in [1.29, 1.82) is 0 Å². The highest BCUT2D eigenvalue weighted by atomic mass is 17.1. The molecule has 1 aliphatic carbocycles. The fourth-order valence-electron chi connectivity index (χ4n) is 3.43. The third-order valence-electron chi connectivity index (χ3n) is 4.73. The van der Waals surface area contributed by atoms with Crippen LogP contribution in [0.1, 0.15) is 66.1 Å². The summed E-state index contributed by atoms with van der Waals surface area (Å²) in [7, 11) is 0. The van der Waals surface area contributed by atoms with Gasteiger partial charge in [0.25, 0.3) is 5.79 Å². The number of ketones is 1. The summed E-state index contributed by atoms with van der Waals surface area (Å²) in [5.74, 6) is -1.53. The van der Waals surface area contributed by atoms with Crippen molar-refractivity contribution in [3.8, 4) is 0 Å². The largest absolute Gasteiger partial charge is 0.340 e. The molecule has 25 heavy (non-hydrogen) atoms. The van der Waals surface area contributed by atoms with Crippen LogP contribution in [-0.2, 0) is 15.4 Å². The average Bonchev–Trinajstić information content (AvgIpc) is 2.67. The van der Waals surface area contributed by atoms with E-state index in [2.05, 4.69) is 6.92 Å². The van der Waals surface area contributed by atoms with Gasteiger partial charge < -0.3 is 4.74 Å². The number of hydrogen-bond acceptors (Lipinski definition) is 4. The van der Waals surface area contributed by atoms with Crippen LogP contribution in [0.3, 0.4) is 0 Å². The maximum absolute atomic E-state index is 12.8. The van der Waals surface area contributed by atoms with Gasteiger partial charge in [-0.15, -0.1) is 0 Å². The van der Waals surface area contributed by atoms with Crippen LogP contribution in [0.5, 0.6) is 0 Å². The number of carbonyl (C=O) groups excluding carboxylic acids is 1. The van der Waals surface area contributed by atoms with Crippen LogP contribution in [-0.4, -0.2) is 17.6 Å². The third-order valence-corrected chi connectivity index (χ3v) is 4.73. The third kappa shape index (κ3) is 3.25. The number of unbranched alkanes of at least 4 members (excludes halogenated alkanes) is 4. The first kappa shape index (κ1) is 17.8. The maximum Gasteiger partial charge on any atom is 0.255 e. The minimum Gasteiger partial charge on any atom is -0.340 e. The first-order chi connectivity index (χ1) is 12.2. The topological polar surface area (TPSA) is 55.8 Å². The van der Waals surface area contributed by atoms with Crippen LogP contribution in [0.25, 0.3) is 0 Å². The Morgan fingerprint density at radius 2 is 1.44 bits per heavy atom. The van der Waals surface area contributed by atoms with Gasteiger partial charge in [0.15, 0.2) is 5.78 Å². The van der Waals surface area contributed by atoms with Crippen LogP contribution in [0, 0.1) is 0 Å². The van der Waals surface area contributed by atoms with Gasteiger partial charge in [0.05, 0.1) is 6.61 Å². The lowest BCUT2D eigenvalue weighted by Crippen LogP contribution is -2.40. The molecule has 0 spiro atoms. The molecule has 0 atom stereocenters. The van der Waals surface area contributed by atoms with Crippen molar-refractivity contribution in [3.05, 3.63) is 70.8 Å². The number of ether oxygens (including phenoxy) is 1. The molecule has 0 fully saturated rings. The van der Waals surface area contributed by atoms with Crippen molar-refractivity contribution in [1.82, 2.24) is 0 Å². The van der Waals surface area contributed by atoms with Gasteiger partial charge in [-0.05, 0) is 6.42 Å². The van der Waals surface area contributed by atoms with Crippen molar-refractivity contribution in [2.75, 3.05) is 6.61 Å². The quantitative estimate of drug-likeness (QED) is 0.321. The van der Waals surface area contributed by atoms with Gasteiger partial charge in [-0.25, -0.2) is 5.26 Å². The minimum atomic E-state index is -1.45. The molecule has 0 saturated carbocycles. The Bertz CT molecular complexity index is 689. The summed E-state index contributed by atoms with van der Waals surface area (Å²) < 4.78 is 6.08. The summed E-state index contributed by atoms with van der Waals surface area (Å²) in [6.07, 6.45) is 5.51. The fraction of sp³-hybridized carbons (Fsp3) is 0.381. The molecule has 0 saturated heterocycles. The van der Waals surface area contributed by atoms with Gasteiger partial charge >= 0.3 is 0 Å². The molecule has 0 heterocycles. The van der Waals surface area contributed by atoms with Gasteiger partial charge in [-0.1, -0.05) is 81.1 Å². The molecule has 0 unspecified atom stereocenters. The van der Waals surface area contributed by atoms with E-state index in [4.69, 9.17) is 9.62 Å². The Labute approximate surface area is 148 Å². The zero-order chi connectivity index (χ0) is 17.7. The molecule has 1 N–H and O–H groups in total. The Morgan fingerprint density at radius 1 is 0.880 bits per heavy atom. The van der Waals surface area contributed by atoms with E-state index < -0.39 is 5.79 Å². The van der Waals surface area contributed by atoms with E-state index in [9.17, 15) is 10.1 Å². The summed E-state index contributed by atoms with van der Waals surface area (Å²) in [6.45, 7) is 2.62. The number of rotatable bonds is 8. The van der Waals surface area contributed by atoms with Crippen LogP contribution < -0.4 is 0 Å². The zero-order valence-electron chi connectivity index (χ0n) is 14.5. The number of carbonyl (C=O) groups is 1. The second-order valence-electron chi connectivity index (χ2n) is 6.39. The number of fused-ring (bicyclic) bond motifs is 2. The monoisotopic (exact) mass is 340 g/mol. The predicted molar refractivity (Wildman–Crippen MR) is 95.5 cm³/mol. The van der Waals surface area contributed by atoms with E-state index in [-0.39, 0.29) is 5.78 Å². The van der Waals surface area contributed by atoms with E-state index in [1.54, 1.807) is 36.4 Å². The molecule has 0 aliphatic heterocycles. The molecule has 2 aromatic rings. The molecule has 4 heteroatoms. The van der Waals surface area contributed by atoms with Gasteiger partial charge in [0.2, 0.25) is 0 Å². The molecule has 1 aliphatic rings. The molecule has 132 valence electrons. The zero-order valence-corrected chi connectivity index (χ0v) is 14.5. The molecule has 0 amide bonds. The highest BCUT2D eigenvalue weighted by Gasteiger charge is 2.46. The van der Waals surface area contributed by atoms with Crippen molar-refractivity contribution in [3.63, 3.8) is 0 Å². The van der Waals surface area contributed by atoms with Crippen molar-refractivity contribution in [2.24, 2.45) is 0 Å². The van der Waals surface area contributed by atoms with Crippen LogP contribution in [0.2, 0.25) is 0 Å². The van der Waals surface area contributed by atoms with E-state index in [0.29, 0.717) is 28.9 Å². The van der Waals surface area contributed by atoms with Crippen LogP contribution >= 0.6 is 0 Å². The van der Waals surface area contributed by atoms with Gasteiger partial charge in [-0.2, -0.15) is 4.89 Å².